The van der Waals surface area contributed by atoms with Crippen LogP contribution in [0.2, 0.25) is 5.02 Å². The Morgan fingerprint density at radius 1 is 0.926 bits per heavy atom. The molecule has 0 unspecified atom stereocenters. The van der Waals surface area contributed by atoms with Crippen molar-refractivity contribution in [2.45, 2.75) is 18.5 Å². The van der Waals surface area contributed by atoms with E-state index in [2.05, 4.69) is 5.01 Å². The monoisotopic (exact) mass is 385 g/mol. The van der Waals surface area contributed by atoms with Crippen molar-refractivity contribution in [3.63, 3.8) is 0 Å². The molecule has 3 heterocycles. The van der Waals surface area contributed by atoms with Gasteiger partial charge < -0.3 is 0 Å². The molecule has 3 fully saturated rings. The lowest BCUT2D eigenvalue weighted by molar-refractivity contribution is -0.126. The summed E-state index contributed by atoms with van der Waals surface area (Å²) < 4.78 is 13.4. The third-order valence-electron chi connectivity index (χ3n) is 5.68. The minimum Gasteiger partial charge on any atom is -0.274 e. The van der Waals surface area contributed by atoms with E-state index >= 15 is 0 Å². The fourth-order valence-electron chi connectivity index (χ4n) is 4.64. The van der Waals surface area contributed by atoms with E-state index in [-0.39, 0.29) is 23.7 Å². The molecule has 0 bridgehead atoms. The molecule has 3 aliphatic heterocycles. The van der Waals surface area contributed by atoms with E-state index < -0.39 is 12.0 Å². The van der Waals surface area contributed by atoms with E-state index in [1.54, 1.807) is 36.4 Å². The van der Waals surface area contributed by atoms with Gasteiger partial charge in [-0.15, -0.1) is 0 Å². The maximum Gasteiger partial charge on any atom is 0.253 e. The Labute approximate surface area is 160 Å². The summed E-state index contributed by atoms with van der Waals surface area (Å²) in [6, 6.07) is 12.2. The Bertz CT molecular complexity index is 935. The summed E-state index contributed by atoms with van der Waals surface area (Å²) in [5.74, 6) is -1.28. The topological polar surface area (TPSA) is 43.9 Å². The molecule has 0 N–H and O–H groups in total. The Morgan fingerprint density at radius 3 is 2.33 bits per heavy atom. The van der Waals surface area contributed by atoms with Gasteiger partial charge in [0.1, 0.15) is 11.9 Å². The van der Waals surface area contributed by atoms with Crippen LogP contribution < -0.4 is 4.90 Å². The first kappa shape index (κ1) is 16.9. The van der Waals surface area contributed by atoms with Gasteiger partial charge in [-0.3, -0.25) is 9.59 Å². The molecular formula is C20H17ClFN3O2. The van der Waals surface area contributed by atoms with E-state index in [4.69, 9.17) is 11.6 Å². The van der Waals surface area contributed by atoms with Crippen molar-refractivity contribution in [2.24, 2.45) is 5.92 Å². The van der Waals surface area contributed by atoms with Crippen LogP contribution in [0.3, 0.4) is 0 Å². The van der Waals surface area contributed by atoms with Crippen LogP contribution in [0.25, 0.3) is 0 Å². The van der Waals surface area contributed by atoms with Crippen molar-refractivity contribution in [1.82, 2.24) is 10.0 Å². The van der Waals surface area contributed by atoms with E-state index in [0.717, 1.165) is 25.1 Å². The summed E-state index contributed by atoms with van der Waals surface area (Å²) in [4.78, 5) is 27.8. The molecule has 0 aliphatic carbocycles. The van der Waals surface area contributed by atoms with Crippen molar-refractivity contribution in [3.05, 3.63) is 64.9 Å². The standard InChI is InChI=1S/C20H17ClFN3O2/c21-13-3-1-4-15(11-13)25-19(26)16-17(12-5-7-14(22)8-6-12)23-9-2-10-24(23)18(16)20(25)27/h1,3-8,11,16-18H,2,9-10H2/t16-,17-,18+/m1/s1. The molecule has 3 atom stereocenters. The molecule has 5 nitrogen and oxygen atoms in total. The van der Waals surface area contributed by atoms with Crippen LogP contribution in [0.1, 0.15) is 18.0 Å². The van der Waals surface area contributed by atoms with E-state index in [1.165, 1.54) is 17.0 Å². The number of hydrogen-bond acceptors (Lipinski definition) is 4. The van der Waals surface area contributed by atoms with Gasteiger partial charge in [0.25, 0.3) is 5.91 Å². The second-order valence-corrected chi connectivity index (χ2v) is 7.57. The van der Waals surface area contributed by atoms with Crippen molar-refractivity contribution in [1.29, 1.82) is 0 Å². The number of nitrogens with zero attached hydrogens (tertiary/aromatic N) is 3. The van der Waals surface area contributed by atoms with Crippen molar-refractivity contribution >= 4 is 29.1 Å². The number of fused-ring (bicyclic) bond motifs is 3. The van der Waals surface area contributed by atoms with Crippen molar-refractivity contribution in [3.8, 4) is 0 Å². The largest absolute Gasteiger partial charge is 0.274 e. The second kappa shape index (κ2) is 6.12. The summed E-state index contributed by atoms with van der Waals surface area (Å²) in [7, 11) is 0. The van der Waals surface area contributed by atoms with Gasteiger partial charge in [-0.2, -0.15) is 0 Å². The molecular weight excluding hydrogens is 369 g/mol. The first-order chi connectivity index (χ1) is 13.1. The summed E-state index contributed by atoms with van der Waals surface area (Å²) >= 11 is 6.06. The molecule has 0 spiro atoms. The molecule has 2 aromatic carbocycles. The van der Waals surface area contributed by atoms with Crippen LogP contribution in [0.15, 0.2) is 48.5 Å². The molecule has 7 heteroatoms. The van der Waals surface area contributed by atoms with Crippen LogP contribution in [0.4, 0.5) is 10.1 Å². The second-order valence-electron chi connectivity index (χ2n) is 7.14. The quantitative estimate of drug-likeness (QED) is 0.745. The highest BCUT2D eigenvalue weighted by Gasteiger charge is 2.62. The maximum atomic E-state index is 13.4. The van der Waals surface area contributed by atoms with Crippen LogP contribution in [-0.4, -0.2) is 41.0 Å². The zero-order chi connectivity index (χ0) is 18.7. The zero-order valence-electron chi connectivity index (χ0n) is 14.4. The molecule has 138 valence electrons. The fourth-order valence-corrected chi connectivity index (χ4v) is 4.83. The number of anilines is 1. The van der Waals surface area contributed by atoms with Crippen LogP contribution in [-0.2, 0) is 9.59 Å². The van der Waals surface area contributed by atoms with Gasteiger partial charge in [-0.05, 0) is 42.3 Å². The first-order valence-corrected chi connectivity index (χ1v) is 9.36. The van der Waals surface area contributed by atoms with Gasteiger partial charge in [0.15, 0.2) is 0 Å². The summed E-state index contributed by atoms with van der Waals surface area (Å²) in [5, 5.41) is 4.60. The maximum absolute atomic E-state index is 13.4. The highest BCUT2D eigenvalue weighted by atomic mass is 35.5. The Morgan fingerprint density at radius 2 is 1.63 bits per heavy atom. The molecule has 27 heavy (non-hydrogen) atoms. The highest BCUT2D eigenvalue weighted by Crippen LogP contribution is 2.48. The molecule has 2 aromatic rings. The van der Waals surface area contributed by atoms with Crippen LogP contribution >= 0.6 is 11.6 Å². The number of benzene rings is 2. The molecule has 3 saturated heterocycles. The number of halogens is 2. The SMILES string of the molecule is O=C1[C@H]2[C@@H](C(=O)N1c1cccc(Cl)c1)N1CCCN1[C@@H]2c1ccc(F)cc1. The number of hydrazine groups is 1. The average Bonchev–Trinajstić information content (AvgIpc) is 3.28. The number of carbonyl (C=O) groups excluding carboxylic acids is 2. The van der Waals surface area contributed by atoms with Gasteiger partial charge in [-0.1, -0.05) is 29.8 Å². The van der Waals surface area contributed by atoms with E-state index in [1.807, 2.05) is 5.01 Å². The summed E-state index contributed by atoms with van der Waals surface area (Å²) in [6.07, 6.45) is 0.930. The molecule has 2 amide bonds. The number of amides is 2. The third kappa shape index (κ3) is 2.44. The lowest BCUT2D eigenvalue weighted by Crippen LogP contribution is -2.44. The van der Waals surface area contributed by atoms with Gasteiger partial charge in [0.2, 0.25) is 5.91 Å². The zero-order valence-corrected chi connectivity index (χ0v) is 15.1. The highest BCUT2D eigenvalue weighted by molar-refractivity contribution is 6.31. The Balaban J connectivity index is 1.59. The average molecular weight is 386 g/mol. The molecule has 3 aliphatic rings. The summed E-state index contributed by atoms with van der Waals surface area (Å²) in [6.45, 7) is 1.52. The Kier molecular flexibility index (Phi) is 3.82. The molecule has 0 aromatic heterocycles. The van der Waals surface area contributed by atoms with Gasteiger partial charge in [-0.25, -0.2) is 19.3 Å². The van der Waals surface area contributed by atoms with Gasteiger partial charge in [0, 0.05) is 18.1 Å². The first-order valence-electron chi connectivity index (χ1n) is 8.98. The van der Waals surface area contributed by atoms with Crippen molar-refractivity contribution < 1.29 is 14.0 Å². The lowest BCUT2D eigenvalue weighted by atomic mass is 9.90. The smallest absolute Gasteiger partial charge is 0.253 e. The minimum absolute atomic E-state index is 0.219. The Hall–Kier alpha value is -2.28. The van der Waals surface area contributed by atoms with Crippen molar-refractivity contribution in [2.75, 3.05) is 18.0 Å². The van der Waals surface area contributed by atoms with E-state index in [9.17, 15) is 14.0 Å². The van der Waals surface area contributed by atoms with Gasteiger partial charge >= 0.3 is 0 Å². The number of rotatable bonds is 2. The third-order valence-corrected chi connectivity index (χ3v) is 5.92. The number of carbonyl (C=O) groups is 2. The predicted octanol–water partition coefficient (Wildman–Crippen LogP) is 3.01. The lowest BCUT2D eigenvalue weighted by Gasteiger charge is -2.29. The van der Waals surface area contributed by atoms with Crippen LogP contribution in [0, 0.1) is 11.7 Å². The normalized spacial score (nSPS) is 28.1. The van der Waals surface area contributed by atoms with Crippen LogP contribution in [0.5, 0.6) is 0 Å². The molecule has 5 rings (SSSR count). The minimum atomic E-state index is -0.519. The predicted molar refractivity (Wildman–Crippen MR) is 98.4 cm³/mol. The summed E-state index contributed by atoms with van der Waals surface area (Å²) in [5.41, 5.74) is 1.35. The van der Waals surface area contributed by atoms with Gasteiger partial charge in [0.05, 0.1) is 17.6 Å². The van der Waals surface area contributed by atoms with E-state index in [0.29, 0.717) is 10.7 Å². The number of imide groups is 1. The number of hydrogen-bond donors (Lipinski definition) is 0. The fraction of sp³-hybridized carbons (Fsp3) is 0.300. The molecule has 0 radical (unpaired) electrons. The molecule has 0 saturated carbocycles.